The van der Waals surface area contributed by atoms with E-state index in [9.17, 15) is 0 Å². The number of hydrogen-bond donors (Lipinski definition) is 1. The number of aromatic nitrogens is 3. The van der Waals surface area contributed by atoms with Crippen LogP contribution in [-0.4, -0.2) is 21.3 Å². The minimum Gasteiger partial charge on any atom is -0.309 e. The fourth-order valence-electron chi connectivity index (χ4n) is 2.14. The summed E-state index contributed by atoms with van der Waals surface area (Å²) in [6.07, 6.45) is 5.85. The molecule has 0 aliphatic rings. The van der Waals surface area contributed by atoms with Crippen molar-refractivity contribution in [2.75, 3.05) is 6.54 Å². The molecule has 2 aromatic rings. The number of likely N-dealkylation sites (N-methyl/N-ethyl adjacent to an activating group) is 1. The lowest BCUT2D eigenvalue weighted by Gasteiger charge is -2.15. The monoisotopic (exact) mass is 258 g/mol. The highest BCUT2D eigenvalue weighted by atomic mass is 15.3. The maximum atomic E-state index is 4.53. The maximum Gasteiger partial charge on any atom is 0.0797 e. The quantitative estimate of drug-likeness (QED) is 0.864. The first-order valence-corrected chi connectivity index (χ1v) is 6.89. The molecule has 1 N–H and O–H groups in total. The Morgan fingerprint density at radius 1 is 1.26 bits per heavy atom. The summed E-state index contributed by atoms with van der Waals surface area (Å²) in [5, 5.41) is 7.96. The average Bonchev–Trinajstić information content (AvgIpc) is 2.86. The largest absolute Gasteiger partial charge is 0.309 e. The lowest BCUT2D eigenvalue weighted by atomic mass is 10.1. The summed E-state index contributed by atoms with van der Waals surface area (Å²) in [4.78, 5) is 4.53. The summed E-state index contributed by atoms with van der Waals surface area (Å²) in [6.45, 7) is 5.18. The molecule has 0 radical (unpaired) electrons. The predicted molar refractivity (Wildman–Crippen MR) is 76.9 cm³/mol. The Balaban J connectivity index is 2.11. The summed E-state index contributed by atoms with van der Waals surface area (Å²) in [7, 11) is 1.95. The molecular weight excluding hydrogens is 236 g/mol. The molecule has 102 valence electrons. The smallest absolute Gasteiger partial charge is 0.0797 e. The first-order valence-electron chi connectivity index (χ1n) is 6.89. The van der Waals surface area contributed by atoms with Crippen LogP contribution in [-0.2, 0) is 19.9 Å². The van der Waals surface area contributed by atoms with Crippen molar-refractivity contribution in [2.24, 2.45) is 7.05 Å². The van der Waals surface area contributed by atoms with Gasteiger partial charge in [-0.25, -0.2) is 0 Å². The van der Waals surface area contributed by atoms with Crippen LogP contribution in [0.25, 0.3) is 0 Å². The van der Waals surface area contributed by atoms with Gasteiger partial charge in [0.25, 0.3) is 0 Å². The van der Waals surface area contributed by atoms with Crippen molar-refractivity contribution in [2.45, 2.75) is 32.7 Å². The Labute approximate surface area is 114 Å². The number of aryl methyl sites for hydroxylation is 2. The van der Waals surface area contributed by atoms with E-state index in [-0.39, 0.29) is 6.04 Å². The van der Waals surface area contributed by atoms with Gasteiger partial charge in [0, 0.05) is 31.6 Å². The zero-order valence-corrected chi connectivity index (χ0v) is 11.9. The molecule has 0 amide bonds. The molecule has 19 heavy (non-hydrogen) atoms. The van der Waals surface area contributed by atoms with Crippen molar-refractivity contribution >= 4 is 0 Å². The molecule has 2 heterocycles. The van der Waals surface area contributed by atoms with Crippen molar-refractivity contribution in [3.8, 4) is 0 Å². The third-order valence-corrected chi connectivity index (χ3v) is 3.25. The molecule has 1 atom stereocenters. The summed E-state index contributed by atoms with van der Waals surface area (Å²) < 4.78 is 1.84. The first kappa shape index (κ1) is 13.7. The van der Waals surface area contributed by atoms with Crippen LogP contribution < -0.4 is 5.32 Å². The van der Waals surface area contributed by atoms with Crippen LogP contribution in [0.5, 0.6) is 0 Å². The van der Waals surface area contributed by atoms with Gasteiger partial charge in [-0.15, -0.1) is 0 Å². The fraction of sp³-hybridized carbons (Fsp3) is 0.467. The highest BCUT2D eigenvalue weighted by Gasteiger charge is 2.14. The number of pyridine rings is 1. The molecule has 0 fully saturated rings. The van der Waals surface area contributed by atoms with Crippen LogP contribution in [0, 0.1) is 0 Å². The van der Waals surface area contributed by atoms with Crippen molar-refractivity contribution in [3.05, 3.63) is 47.5 Å². The normalized spacial score (nSPS) is 12.6. The van der Waals surface area contributed by atoms with Gasteiger partial charge >= 0.3 is 0 Å². The Hall–Kier alpha value is -1.68. The minimum atomic E-state index is 0.228. The summed E-state index contributed by atoms with van der Waals surface area (Å²) >= 11 is 0. The lowest BCUT2D eigenvalue weighted by Crippen LogP contribution is -2.24. The van der Waals surface area contributed by atoms with Crippen molar-refractivity contribution in [1.82, 2.24) is 20.1 Å². The highest BCUT2D eigenvalue weighted by molar-refractivity contribution is 5.17. The number of nitrogens with zero attached hydrogens (tertiary/aromatic N) is 3. The topological polar surface area (TPSA) is 42.7 Å². The van der Waals surface area contributed by atoms with Gasteiger partial charge in [-0.2, -0.15) is 5.10 Å². The molecule has 4 heteroatoms. The summed E-state index contributed by atoms with van der Waals surface area (Å²) in [6, 6.07) is 6.56. The molecule has 0 saturated carbocycles. The Bertz CT molecular complexity index is 501. The van der Waals surface area contributed by atoms with Crippen molar-refractivity contribution in [1.29, 1.82) is 0 Å². The maximum absolute atomic E-state index is 4.53. The fourth-order valence-corrected chi connectivity index (χ4v) is 2.14. The van der Waals surface area contributed by atoms with Gasteiger partial charge in [0.05, 0.1) is 11.7 Å². The molecule has 0 saturated heterocycles. The van der Waals surface area contributed by atoms with E-state index < -0.39 is 0 Å². The SMILES string of the molecule is CCNC(Cc1ccc(CC)cn1)c1ccn(C)n1. The van der Waals surface area contributed by atoms with Gasteiger partial charge in [0.15, 0.2) is 0 Å². The Kier molecular flexibility index (Phi) is 4.68. The zero-order valence-electron chi connectivity index (χ0n) is 11.9. The van der Waals surface area contributed by atoms with Crippen LogP contribution >= 0.6 is 0 Å². The number of rotatable bonds is 6. The van der Waals surface area contributed by atoms with Gasteiger partial charge in [0.2, 0.25) is 0 Å². The second-order valence-corrected chi connectivity index (χ2v) is 4.74. The second-order valence-electron chi connectivity index (χ2n) is 4.74. The zero-order chi connectivity index (χ0) is 13.7. The van der Waals surface area contributed by atoms with Crippen LogP contribution in [0.4, 0.5) is 0 Å². The number of hydrogen-bond acceptors (Lipinski definition) is 3. The second kappa shape index (κ2) is 6.48. The molecule has 0 aromatic carbocycles. The van der Waals surface area contributed by atoms with Crippen LogP contribution in [0.1, 0.15) is 36.8 Å². The molecule has 0 aliphatic carbocycles. The van der Waals surface area contributed by atoms with E-state index in [0.29, 0.717) is 0 Å². The first-order chi connectivity index (χ1) is 9.22. The van der Waals surface area contributed by atoms with E-state index in [4.69, 9.17) is 0 Å². The molecule has 4 nitrogen and oxygen atoms in total. The molecule has 0 spiro atoms. The standard InChI is InChI=1S/C15H22N4/c1-4-12-6-7-13(17-11-12)10-15(16-5-2)14-8-9-19(3)18-14/h6-9,11,15-16H,4-5,10H2,1-3H3. The molecule has 1 unspecified atom stereocenters. The Morgan fingerprint density at radius 3 is 2.63 bits per heavy atom. The lowest BCUT2D eigenvalue weighted by molar-refractivity contribution is 0.523. The Morgan fingerprint density at radius 2 is 2.11 bits per heavy atom. The third kappa shape index (κ3) is 3.64. The average molecular weight is 258 g/mol. The molecule has 2 rings (SSSR count). The van der Waals surface area contributed by atoms with E-state index in [1.54, 1.807) is 0 Å². The van der Waals surface area contributed by atoms with Crippen LogP contribution in [0.15, 0.2) is 30.6 Å². The van der Waals surface area contributed by atoms with E-state index in [1.807, 2.05) is 24.1 Å². The van der Waals surface area contributed by atoms with Gasteiger partial charge in [-0.1, -0.05) is 19.9 Å². The molecule has 0 bridgehead atoms. The molecular formula is C15H22N4. The van der Waals surface area contributed by atoms with Crippen LogP contribution in [0.2, 0.25) is 0 Å². The third-order valence-electron chi connectivity index (χ3n) is 3.25. The van der Waals surface area contributed by atoms with E-state index in [0.717, 1.165) is 30.8 Å². The van der Waals surface area contributed by atoms with Crippen LogP contribution in [0.3, 0.4) is 0 Å². The van der Waals surface area contributed by atoms with Gasteiger partial charge in [0.1, 0.15) is 0 Å². The number of nitrogens with one attached hydrogen (secondary N) is 1. The van der Waals surface area contributed by atoms with E-state index in [1.165, 1.54) is 5.56 Å². The highest BCUT2D eigenvalue weighted by Crippen LogP contribution is 2.15. The molecule has 0 aliphatic heterocycles. The summed E-state index contributed by atoms with van der Waals surface area (Å²) in [5.41, 5.74) is 3.46. The van der Waals surface area contributed by atoms with Gasteiger partial charge in [-0.3, -0.25) is 9.67 Å². The van der Waals surface area contributed by atoms with Gasteiger partial charge < -0.3 is 5.32 Å². The van der Waals surface area contributed by atoms with Crippen molar-refractivity contribution in [3.63, 3.8) is 0 Å². The summed E-state index contributed by atoms with van der Waals surface area (Å²) in [5.74, 6) is 0. The predicted octanol–water partition coefficient (Wildman–Crippen LogP) is 2.27. The van der Waals surface area contributed by atoms with E-state index in [2.05, 4.69) is 47.4 Å². The van der Waals surface area contributed by atoms with E-state index >= 15 is 0 Å². The van der Waals surface area contributed by atoms with Crippen molar-refractivity contribution < 1.29 is 0 Å². The molecule has 2 aromatic heterocycles. The minimum absolute atomic E-state index is 0.228. The van der Waals surface area contributed by atoms with Gasteiger partial charge in [-0.05, 0) is 30.7 Å².